The normalized spacial score (nSPS) is 10.4. The molecule has 9 nitrogen and oxygen atoms in total. The quantitative estimate of drug-likeness (QED) is 0.753. The number of hydrogen-bond acceptors (Lipinski definition) is 8. The Bertz CT molecular complexity index is 540. The minimum absolute atomic E-state index is 0.109. The van der Waals surface area contributed by atoms with E-state index >= 15 is 0 Å². The first kappa shape index (κ1) is 13.0. The third kappa shape index (κ3) is 3.27. The van der Waals surface area contributed by atoms with Crippen molar-refractivity contribution in [3.05, 3.63) is 12.2 Å². The molecule has 0 spiro atoms. The number of ether oxygens (including phenoxy) is 1. The van der Waals surface area contributed by atoms with Crippen LogP contribution in [0.5, 0.6) is 6.01 Å². The van der Waals surface area contributed by atoms with Crippen LogP contribution >= 0.6 is 0 Å². The molecule has 2 rings (SSSR count). The minimum atomic E-state index is 0.109. The zero-order valence-corrected chi connectivity index (χ0v) is 10.9. The molecule has 3 N–H and O–H groups in total. The predicted octanol–water partition coefficient (Wildman–Crippen LogP) is 0.0760. The maximum absolute atomic E-state index is 5.58. The van der Waals surface area contributed by atoms with Crippen molar-refractivity contribution in [1.82, 2.24) is 29.7 Å². The lowest BCUT2D eigenvalue weighted by molar-refractivity contribution is 0.312. The molecule has 0 aliphatic carbocycles. The van der Waals surface area contributed by atoms with Crippen LogP contribution in [0, 0.1) is 0 Å². The van der Waals surface area contributed by atoms with Crippen molar-refractivity contribution in [3.8, 4) is 6.01 Å². The number of nitrogen functional groups attached to an aromatic ring is 1. The van der Waals surface area contributed by atoms with Gasteiger partial charge in [0, 0.05) is 6.54 Å². The summed E-state index contributed by atoms with van der Waals surface area (Å²) in [6.45, 7) is 5.57. The minimum Gasteiger partial charge on any atom is -0.464 e. The van der Waals surface area contributed by atoms with E-state index in [9.17, 15) is 0 Å². The Balaban J connectivity index is 2.06. The van der Waals surface area contributed by atoms with Crippen LogP contribution in [0.2, 0.25) is 0 Å². The molecule has 0 fully saturated rings. The van der Waals surface area contributed by atoms with Crippen molar-refractivity contribution in [3.63, 3.8) is 0 Å². The highest BCUT2D eigenvalue weighted by Crippen LogP contribution is 2.09. The highest BCUT2D eigenvalue weighted by atomic mass is 16.5. The first-order valence-electron chi connectivity index (χ1n) is 5.97. The monoisotopic (exact) mass is 264 g/mol. The van der Waals surface area contributed by atoms with Crippen molar-refractivity contribution in [1.29, 1.82) is 0 Å². The summed E-state index contributed by atoms with van der Waals surface area (Å²) in [5, 5.41) is 10.9. The lowest BCUT2D eigenvalue weighted by atomic mass is 10.5. The molecule has 0 amide bonds. The van der Waals surface area contributed by atoms with E-state index in [4.69, 9.17) is 10.5 Å². The Morgan fingerprint density at radius 1 is 1.32 bits per heavy atom. The molecular weight excluding hydrogens is 248 g/mol. The molecule has 0 aliphatic heterocycles. The molecule has 0 saturated carbocycles. The van der Waals surface area contributed by atoms with E-state index in [2.05, 4.69) is 30.5 Å². The molecule has 0 bridgehead atoms. The van der Waals surface area contributed by atoms with Crippen LogP contribution in [-0.4, -0.2) is 36.3 Å². The van der Waals surface area contributed by atoms with Gasteiger partial charge in [0.25, 0.3) is 0 Å². The average Bonchev–Trinajstić information content (AvgIpc) is 2.83. The molecule has 2 aromatic heterocycles. The van der Waals surface area contributed by atoms with Gasteiger partial charge in [-0.2, -0.15) is 15.0 Å². The maximum Gasteiger partial charge on any atom is 0.323 e. The van der Waals surface area contributed by atoms with Gasteiger partial charge in [-0.25, -0.2) is 0 Å². The zero-order valence-electron chi connectivity index (χ0n) is 10.9. The van der Waals surface area contributed by atoms with Gasteiger partial charge in [0.1, 0.15) is 6.33 Å². The lowest BCUT2D eigenvalue weighted by Gasteiger charge is -2.07. The summed E-state index contributed by atoms with van der Waals surface area (Å²) in [5.74, 6) is 1.25. The van der Waals surface area contributed by atoms with E-state index in [1.54, 1.807) is 6.33 Å². The maximum atomic E-state index is 5.58. The van der Waals surface area contributed by atoms with Gasteiger partial charge in [-0.15, -0.1) is 10.2 Å². The van der Waals surface area contributed by atoms with Crippen LogP contribution in [-0.2, 0) is 13.1 Å². The summed E-state index contributed by atoms with van der Waals surface area (Å²) in [4.78, 5) is 11.9. The SMILES string of the molecule is CCOc1nc(N)nc(NCc2nncn2CC)n1. The van der Waals surface area contributed by atoms with Crippen molar-refractivity contribution in [2.75, 3.05) is 17.7 Å². The number of hydrogen-bond donors (Lipinski definition) is 2. The molecule has 19 heavy (non-hydrogen) atoms. The van der Waals surface area contributed by atoms with Gasteiger partial charge in [0.15, 0.2) is 5.82 Å². The fourth-order valence-electron chi connectivity index (χ4n) is 1.48. The summed E-state index contributed by atoms with van der Waals surface area (Å²) >= 11 is 0. The molecule has 0 aliphatic rings. The Morgan fingerprint density at radius 3 is 2.89 bits per heavy atom. The van der Waals surface area contributed by atoms with Crippen molar-refractivity contribution >= 4 is 11.9 Å². The molecule has 0 radical (unpaired) electrons. The van der Waals surface area contributed by atoms with E-state index in [1.165, 1.54) is 0 Å². The zero-order chi connectivity index (χ0) is 13.7. The molecule has 2 heterocycles. The van der Waals surface area contributed by atoms with Gasteiger partial charge in [-0.05, 0) is 13.8 Å². The third-order valence-electron chi connectivity index (χ3n) is 2.35. The summed E-state index contributed by atoms with van der Waals surface area (Å²) < 4.78 is 7.11. The van der Waals surface area contributed by atoms with Crippen LogP contribution in [0.3, 0.4) is 0 Å². The topological polar surface area (TPSA) is 117 Å². The smallest absolute Gasteiger partial charge is 0.323 e. The number of rotatable bonds is 6. The second-order valence-corrected chi connectivity index (χ2v) is 3.62. The highest BCUT2D eigenvalue weighted by molar-refractivity contribution is 5.32. The molecule has 9 heteroatoms. The van der Waals surface area contributed by atoms with Gasteiger partial charge in [-0.3, -0.25) is 0 Å². The largest absolute Gasteiger partial charge is 0.464 e. The van der Waals surface area contributed by atoms with Crippen LogP contribution < -0.4 is 15.8 Å². The molecular formula is C10H16N8O. The van der Waals surface area contributed by atoms with E-state index < -0.39 is 0 Å². The summed E-state index contributed by atoms with van der Waals surface area (Å²) in [6.07, 6.45) is 1.67. The number of aromatic nitrogens is 6. The number of nitrogens with zero attached hydrogens (tertiary/aromatic N) is 6. The summed E-state index contributed by atoms with van der Waals surface area (Å²) in [5.41, 5.74) is 5.58. The van der Waals surface area contributed by atoms with E-state index in [-0.39, 0.29) is 12.0 Å². The van der Waals surface area contributed by atoms with Crippen LogP contribution in [0.1, 0.15) is 19.7 Å². The Hall–Kier alpha value is -2.45. The fraction of sp³-hybridized carbons (Fsp3) is 0.500. The summed E-state index contributed by atoms with van der Waals surface area (Å²) in [6, 6.07) is 0.203. The molecule has 2 aromatic rings. The molecule has 102 valence electrons. The van der Waals surface area contributed by atoms with Gasteiger partial charge < -0.3 is 20.4 Å². The van der Waals surface area contributed by atoms with Crippen LogP contribution in [0.25, 0.3) is 0 Å². The molecule has 0 aromatic carbocycles. The van der Waals surface area contributed by atoms with Gasteiger partial charge >= 0.3 is 6.01 Å². The van der Waals surface area contributed by atoms with Crippen molar-refractivity contribution < 1.29 is 4.74 Å². The average molecular weight is 264 g/mol. The van der Waals surface area contributed by atoms with Gasteiger partial charge in [-0.1, -0.05) is 0 Å². The Morgan fingerprint density at radius 2 is 2.16 bits per heavy atom. The third-order valence-corrected chi connectivity index (χ3v) is 2.35. The molecule has 0 unspecified atom stereocenters. The standard InChI is InChI=1S/C10H16N8O/c1-3-18-6-13-17-7(18)5-12-9-14-8(11)15-10(16-9)19-4-2/h6H,3-5H2,1-2H3,(H3,11,12,14,15,16). The predicted molar refractivity (Wildman–Crippen MR) is 68.4 cm³/mol. The lowest BCUT2D eigenvalue weighted by Crippen LogP contribution is -2.12. The van der Waals surface area contributed by atoms with Gasteiger partial charge in [0.05, 0.1) is 13.2 Å². The van der Waals surface area contributed by atoms with Crippen LogP contribution in [0.4, 0.5) is 11.9 Å². The number of nitrogens with one attached hydrogen (secondary N) is 1. The Labute approximate surface area is 110 Å². The van der Waals surface area contributed by atoms with E-state index in [0.29, 0.717) is 19.1 Å². The first-order valence-corrected chi connectivity index (χ1v) is 5.97. The van der Waals surface area contributed by atoms with Crippen molar-refractivity contribution in [2.45, 2.75) is 26.9 Å². The van der Waals surface area contributed by atoms with Gasteiger partial charge in [0.2, 0.25) is 11.9 Å². The van der Waals surface area contributed by atoms with E-state index in [1.807, 2.05) is 18.4 Å². The Kier molecular flexibility index (Phi) is 4.06. The molecule has 0 saturated heterocycles. The van der Waals surface area contributed by atoms with E-state index in [0.717, 1.165) is 12.4 Å². The number of anilines is 2. The van der Waals surface area contributed by atoms with Crippen molar-refractivity contribution in [2.24, 2.45) is 0 Å². The fourth-order valence-corrected chi connectivity index (χ4v) is 1.48. The highest BCUT2D eigenvalue weighted by Gasteiger charge is 2.07. The second-order valence-electron chi connectivity index (χ2n) is 3.62. The number of aryl methyl sites for hydroxylation is 1. The second kappa shape index (κ2) is 5.94. The molecule has 0 atom stereocenters. The number of nitrogens with two attached hydrogens (primary N) is 1. The summed E-state index contributed by atoms with van der Waals surface area (Å²) in [7, 11) is 0. The first-order chi connectivity index (χ1) is 9.22. The van der Waals surface area contributed by atoms with Crippen LogP contribution in [0.15, 0.2) is 6.33 Å².